The zero-order chi connectivity index (χ0) is 15.0. The van der Waals surface area contributed by atoms with E-state index < -0.39 is 0 Å². The van der Waals surface area contributed by atoms with Crippen molar-refractivity contribution in [2.75, 3.05) is 7.05 Å². The number of nitrogens with one attached hydrogen (secondary N) is 1. The van der Waals surface area contributed by atoms with E-state index in [0.717, 1.165) is 22.4 Å². The van der Waals surface area contributed by atoms with Gasteiger partial charge in [0.15, 0.2) is 0 Å². The smallest absolute Gasteiger partial charge is 0.270 e. The molecule has 0 unspecified atom stereocenters. The molecule has 108 valence electrons. The van der Waals surface area contributed by atoms with Crippen molar-refractivity contribution < 1.29 is 9.32 Å². The van der Waals surface area contributed by atoms with Crippen LogP contribution in [0.4, 0.5) is 0 Å². The van der Waals surface area contributed by atoms with Gasteiger partial charge < -0.3 is 14.4 Å². The summed E-state index contributed by atoms with van der Waals surface area (Å²) in [5.41, 5.74) is 2.09. The summed E-state index contributed by atoms with van der Waals surface area (Å²) in [5, 5.41) is 5.48. The van der Waals surface area contributed by atoms with Crippen molar-refractivity contribution in [3.8, 4) is 0 Å². The summed E-state index contributed by atoms with van der Waals surface area (Å²) in [6, 6.07) is 9.11. The molecule has 0 atom stereocenters. The Kier molecular flexibility index (Phi) is 3.43. The molecule has 0 spiro atoms. The predicted molar refractivity (Wildman–Crippen MR) is 80.3 cm³/mol. The normalized spacial score (nSPS) is 11.0. The van der Waals surface area contributed by atoms with Crippen molar-refractivity contribution in [3.05, 3.63) is 52.5 Å². The summed E-state index contributed by atoms with van der Waals surface area (Å²) in [7, 11) is 1.73. The van der Waals surface area contributed by atoms with Gasteiger partial charge in [-0.25, -0.2) is 0 Å². The number of aryl methyl sites for hydroxylation is 1. The van der Waals surface area contributed by atoms with Crippen LogP contribution >= 0.6 is 11.6 Å². The van der Waals surface area contributed by atoms with Crippen LogP contribution in [0.25, 0.3) is 10.9 Å². The molecular formula is C15H14ClN3O2. The van der Waals surface area contributed by atoms with Crippen LogP contribution in [-0.4, -0.2) is 28.0 Å². The van der Waals surface area contributed by atoms with E-state index in [0.29, 0.717) is 17.3 Å². The van der Waals surface area contributed by atoms with E-state index in [9.17, 15) is 4.79 Å². The standard InChI is InChI=1S/C15H14ClN3O2/c1-9-5-12(18-21-9)8-19(2)15(20)14-6-10-3-4-11(16)7-13(10)17-14/h3-7,17H,8H2,1-2H3. The molecule has 3 rings (SSSR count). The second-order valence-electron chi connectivity index (χ2n) is 5.00. The molecule has 0 aliphatic carbocycles. The molecule has 0 saturated heterocycles. The maximum atomic E-state index is 12.4. The first kappa shape index (κ1) is 13.7. The molecule has 3 aromatic rings. The summed E-state index contributed by atoms with van der Waals surface area (Å²) in [5.74, 6) is 0.620. The molecule has 6 heteroatoms. The third-order valence-electron chi connectivity index (χ3n) is 3.24. The van der Waals surface area contributed by atoms with E-state index in [1.54, 1.807) is 24.1 Å². The van der Waals surface area contributed by atoms with E-state index in [1.165, 1.54) is 0 Å². The maximum absolute atomic E-state index is 12.4. The molecular weight excluding hydrogens is 290 g/mol. The van der Waals surface area contributed by atoms with Gasteiger partial charge in [0.1, 0.15) is 17.1 Å². The highest BCUT2D eigenvalue weighted by Crippen LogP contribution is 2.20. The lowest BCUT2D eigenvalue weighted by Gasteiger charge is -2.14. The van der Waals surface area contributed by atoms with Gasteiger partial charge in [-0.1, -0.05) is 22.8 Å². The number of hydrogen-bond acceptors (Lipinski definition) is 3. The molecule has 0 saturated carbocycles. The highest BCUT2D eigenvalue weighted by molar-refractivity contribution is 6.31. The van der Waals surface area contributed by atoms with Gasteiger partial charge in [-0.3, -0.25) is 4.79 Å². The second-order valence-corrected chi connectivity index (χ2v) is 5.44. The Morgan fingerprint density at radius 1 is 1.38 bits per heavy atom. The van der Waals surface area contributed by atoms with E-state index in [4.69, 9.17) is 16.1 Å². The van der Waals surface area contributed by atoms with Crippen molar-refractivity contribution in [2.45, 2.75) is 13.5 Å². The van der Waals surface area contributed by atoms with Crippen LogP contribution in [-0.2, 0) is 6.54 Å². The first-order valence-electron chi connectivity index (χ1n) is 6.49. The summed E-state index contributed by atoms with van der Waals surface area (Å²) >= 11 is 5.95. The number of rotatable bonds is 3. The van der Waals surface area contributed by atoms with Crippen molar-refractivity contribution in [1.29, 1.82) is 0 Å². The number of aromatic nitrogens is 2. The van der Waals surface area contributed by atoms with Crippen molar-refractivity contribution in [1.82, 2.24) is 15.0 Å². The summed E-state index contributed by atoms with van der Waals surface area (Å²) < 4.78 is 5.00. The van der Waals surface area contributed by atoms with Crippen LogP contribution in [0.5, 0.6) is 0 Å². The van der Waals surface area contributed by atoms with Crippen LogP contribution < -0.4 is 0 Å². The van der Waals surface area contributed by atoms with E-state index in [2.05, 4.69) is 10.1 Å². The fourth-order valence-electron chi connectivity index (χ4n) is 2.23. The molecule has 0 radical (unpaired) electrons. The molecule has 2 heterocycles. The molecule has 1 amide bonds. The zero-order valence-electron chi connectivity index (χ0n) is 11.7. The average molecular weight is 304 g/mol. The molecule has 1 aromatic carbocycles. The maximum Gasteiger partial charge on any atom is 0.270 e. The van der Waals surface area contributed by atoms with Crippen molar-refractivity contribution >= 4 is 28.4 Å². The Bertz CT molecular complexity index is 806. The lowest BCUT2D eigenvalue weighted by molar-refractivity contribution is 0.0777. The van der Waals surface area contributed by atoms with Crippen LogP contribution in [0.15, 0.2) is 34.9 Å². The van der Waals surface area contributed by atoms with E-state index in [-0.39, 0.29) is 5.91 Å². The van der Waals surface area contributed by atoms with Gasteiger partial charge in [-0.05, 0) is 25.1 Å². The van der Waals surface area contributed by atoms with Gasteiger partial charge in [0.25, 0.3) is 5.91 Å². The summed E-state index contributed by atoms with van der Waals surface area (Å²) in [6.07, 6.45) is 0. The molecule has 0 bridgehead atoms. The van der Waals surface area contributed by atoms with Crippen LogP contribution in [0.2, 0.25) is 5.02 Å². The zero-order valence-corrected chi connectivity index (χ0v) is 12.4. The fraction of sp³-hybridized carbons (Fsp3) is 0.200. The molecule has 1 N–H and O–H groups in total. The number of fused-ring (bicyclic) bond motifs is 1. The topological polar surface area (TPSA) is 62.1 Å². The van der Waals surface area contributed by atoms with Gasteiger partial charge in [0.2, 0.25) is 0 Å². The number of aromatic amines is 1. The number of carbonyl (C=O) groups is 1. The number of H-pyrrole nitrogens is 1. The first-order valence-corrected chi connectivity index (χ1v) is 6.86. The Morgan fingerprint density at radius 3 is 2.90 bits per heavy atom. The fourth-order valence-corrected chi connectivity index (χ4v) is 2.40. The number of halogens is 1. The lowest BCUT2D eigenvalue weighted by atomic mass is 10.2. The van der Waals surface area contributed by atoms with Gasteiger partial charge in [0.05, 0.1) is 6.54 Å². The minimum atomic E-state index is -0.108. The molecule has 21 heavy (non-hydrogen) atoms. The van der Waals surface area contributed by atoms with Crippen molar-refractivity contribution in [3.63, 3.8) is 0 Å². The van der Waals surface area contributed by atoms with E-state index >= 15 is 0 Å². The number of benzene rings is 1. The summed E-state index contributed by atoms with van der Waals surface area (Å²) in [4.78, 5) is 17.1. The summed E-state index contributed by atoms with van der Waals surface area (Å²) in [6.45, 7) is 2.21. The molecule has 0 fully saturated rings. The number of nitrogens with zero attached hydrogens (tertiary/aromatic N) is 2. The third-order valence-corrected chi connectivity index (χ3v) is 3.47. The second kappa shape index (κ2) is 5.26. The number of hydrogen-bond donors (Lipinski definition) is 1. The number of carbonyl (C=O) groups excluding carboxylic acids is 1. The van der Waals surface area contributed by atoms with E-state index in [1.807, 2.05) is 25.1 Å². The van der Waals surface area contributed by atoms with Gasteiger partial charge in [0, 0.05) is 29.0 Å². The first-order chi connectivity index (χ1) is 10.0. The molecule has 5 nitrogen and oxygen atoms in total. The van der Waals surface area contributed by atoms with Crippen LogP contribution in [0.1, 0.15) is 21.9 Å². The quantitative estimate of drug-likeness (QED) is 0.806. The largest absolute Gasteiger partial charge is 0.361 e. The molecule has 0 aliphatic heterocycles. The van der Waals surface area contributed by atoms with Gasteiger partial charge in [-0.2, -0.15) is 0 Å². The third kappa shape index (κ3) is 2.78. The molecule has 2 aromatic heterocycles. The Hall–Kier alpha value is -2.27. The lowest BCUT2D eigenvalue weighted by Crippen LogP contribution is -2.26. The SMILES string of the molecule is Cc1cc(CN(C)C(=O)c2cc3ccc(Cl)cc3[nH]2)no1. The average Bonchev–Trinajstić information content (AvgIpc) is 3.03. The Morgan fingerprint density at radius 2 is 2.19 bits per heavy atom. The predicted octanol–water partition coefficient (Wildman–Crippen LogP) is 3.39. The van der Waals surface area contributed by atoms with Gasteiger partial charge in [-0.15, -0.1) is 0 Å². The minimum absolute atomic E-state index is 0.108. The Balaban J connectivity index is 1.82. The Labute approximate surface area is 126 Å². The number of amides is 1. The minimum Gasteiger partial charge on any atom is -0.361 e. The highest BCUT2D eigenvalue weighted by Gasteiger charge is 2.16. The van der Waals surface area contributed by atoms with Crippen LogP contribution in [0, 0.1) is 6.92 Å². The highest BCUT2D eigenvalue weighted by atomic mass is 35.5. The molecule has 0 aliphatic rings. The van der Waals surface area contributed by atoms with Crippen LogP contribution in [0.3, 0.4) is 0 Å². The van der Waals surface area contributed by atoms with Crippen molar-refractivity contribution in [2.24, 2.45) is 0 Å². The van der Waals surface area contributed by atoms with Gasteiger partial charge >= 0.3 is 0 Å². The monoisotopic (exact) mass is 303 g/mol.